The Labute approximate surface area is 199 Å². The van der Waals surface area contributed by atoms with Gasteiger partial charge in [-0.15, -0.1) is 0 Å². The maximum atomic E-state index is 14.6. The van der Waals surface area contributed by atoms with Gasteiger partial charge in [-0.25, -0.2) is 8.57 Å². The molecule has 2 rings (SSSR count). The summed E-state index contributed by atoms with van der Waals surface area (Å²) in [5.41, 5.74) is 2.64. The summed E-state index contributed by atoms with van der Waals surface area (Å²) in [5.74, 6) is 0.797. The lowest BCUT2D eigenvalue weighted by Crippen LogP contribution is -2.43. The number of hydrogen-bond acceptors (Lipinski definition) is 3. The first kappa shape index (κ1) is 27.3. The summed E-state index contributed by atoms with van der Waals surface area (Å²) in [6.45, 7) is 22.8. The van der Waals surface area contributed by atoms with Crippen LogP contribution < -0.4 is 0 Å². The van der Waals surface area contributed by atoms with Gasteiger partial charge >= 0.3 is 0 Å². The van der Waals surface area contributed by atoms with Crippen LogP contribution in [0.2, 0.25) is 18.1 Å². The highest BCUT2D eigenvalue weighted by Crippen LogP contribution is 2.37. The summed E-state index contributed by atoms with van der Waals surface area (Å²) < 4.78 is 26.2. The van der Waals surface area contributed by atoms with E-state index in [1.165, 1.54) is 17.6 Å². The van der Waals surface area contributed by atoms with Crippen LogP contribution in [0.4, 0.5) is 0 Å². The van der Waals surface area contributed by atoms with Crippen LogP contribution >= 0.6 is 0 Å². The summed E-state index contributed by atoms with van der Waals surface area (Å²) in [4.78, 5) is 0.852. The fourth-order valence-electron chi connectivity index (χ4n) is 3.84. The van der Waals surface area contributed by atoms with Gasteiger partial charge in [0.2, 0.25) is 0 Å². The minimum absolute atomic E-state index is 0.0878. The predicted octanol–water partition coefficient (Wildman–Crippen LogP) is 8.00. The Bertz CT molecular complexity index is 914. The van der Waals surface area contributed by atoms with Crippen molar-refractivity contribution in [2.24, 2.45) is 15.7 Å². The maximum Gasteiger partial charge on any atom is 0.192 e. The second kappa shape index (κ2) is 10.1. The average molecular weight is 478 g/mol. The number of aryl methyl sites for hydroxylation is 1. The van der Waals surface area contributed by atoms with Crippen molar-refractivity contribution >= 4 is 18.0 Å². The van der Waals surface area contributed by atoms with Gasteiger partial charge in [0.25, 0.3) is 0 Å². The van der Waals surface area contributed by atoms with E-state index in [1.54, 1.807) is 0 Å². The molecule has 0 N–H and O–H groups in total. The minimum atomic E-state index is -2.59. The second-order valence-corrected chi connectivity index (χ2v) is 19.3. The van der Waals surface area contributed by atoms with Crippen molar-refractivity contribution in [2.75, 3.05) is 12.4 Å². The predicted molar refractivity (Wildman–Crippen MR) is 142 cm³/mol. The van der Waals surface area contributed by atoms with Gasteiger partial charge in [0.05, 0.1) is 28.1 Å². The highest BCUT2D eigenvalue weighted by Gasteiger charge is 2.38. The molecule has 1 aromatic carbocycles. The first-order valence-electron chi connectivity index (χ1n) is 12.2. The summed E-state index contributed by atoms with van der Waals surface area (Å²) in [6, 6.07) is 8.05. The summed E-state index contributed by atoms with van der Waals surface area (Å²) in [5, 5.41) is 0.144. The molecule has 0 unspecified atom stereocenters. The third kappa shape index (κ3) is 7.29. The lowest BCUT2D eigenvalue weighted by molar-refractivity contribution is 0.240. The lowest BCUT2D eigenvalue weighted by Gasteiger charge is -2.37. The second-order valence-electron chi connectivity index (χ2n) is 12.2. The van der Waals surface area contributed by atoms with Crippen molar-refractivity contribution in [3.8, 4) is 0 Å². The molecule has 1 aliphatic rings. The van der Waals surface area contributed by atoms with E-state index in [2.05, 4.69) is 86.7 Å². The van der Waals surface area contributed by atoms with Crippen LogP contribution in [-0.2, 0) is 14.2 Å². The molecule has 1 aliphatic carbocycles. The van der Waals surface area contributed by atoms with Crippen LogP contribution in [0.25, 0.3) is 0 Å². The average Bonchev–Trinajstić information content (AvgIpc) is 2.63. The number of allylic oxidation sites excluding steroid dienone is 1. The van der Waals surface area contributed by atoms with Gasteiger partial charge < -0.3 is 4.43 Å². The first-order valence-corrected chi connectivity index (χ1v) is 16.8. The zero-order valence-corrected chi connectivity index (χ0v) is 24.1. The largest absolute Gasteiger partial charge is 0.415 e. The third-order valence-electron chi connectivity index (χ3n) is 7.18. The van der Waals surface area contributed by atoms with Crippen molar-refractivity contribution in [1.82, 2.24) is 0 Å². The number of nitrogens with zero attached hydrogens (tertiary/aromatic N) is 1. The van der Waals surface area contributed by atoms with Crippen LogP contribution in [0, 0.1) is 18.3 Å². The van der Waals surface area contributed by atoms with Crippen LogP contribution in [0.5, 0.6) is 0 Å². The molecule has 3 nitrogen and oxygen atoms in total. The highest BCUT2D eigenvalue weighted by atomic mass is 32.2. The summed E-state index contributed by atoms with van der Waals surface area (Å²) in [6.07, 6.45) is 5.73. The Morgan fingerprint density at radius 3 is 2.25 bits per heavy atom. The molecule has 0 aliphatic heterocycles. The van der Waals surface area contributed by atoms with Crippen LogP contribution in [-0.4, -0.2) is 30.9 Å². The number of benzene rings is 1. The van der Waals surface area contributed by atoms with Crippen LogP contribution in [0.1, 0.15) is 73.3 Å². The van der Waals surface area contributed by atoms with E-state index >= 15 is 0 Å². The molecular weight excluding hydrogens is 430 g/mol. The third-order valence-corrected chi connectivity index (χ3v) is 14.1. The molecule has 0 heterocycles. The molecule has 0 fully saturated rings. The topological polar surface area (TPSA) is 38.7 Å². The Hall–Kier alpha value is -0.913. The molecule has 0 spiro atoms. The van der Waals surface area contributed by atoms with E-state index in [0.717, 1.165) is 17.7 Å². The molecular formula is C27H47NO2SSi. The number of rotatable bonds is 8. The Kier molecular flexibility index (Phi) is 8.67. The zero-order chi connectivity index (χ0) is 24.4. The molecule has 0 aromatic heterocycles. The SMILES string of the molecule is Cc1ccc([S@](=O)(CC2=CC(C)(C)CCC2)=N[C@@H](CO[Si](C)(C)C(C)(C)C)C(C)C)cc1. The van der Waals surface area contributed by atoms with E-state index in [9.17, 15) is 4.21 Å². The van der Waals surface area contributed by atoms with Crippen molar-refractivity contribution in [1.29, 1.82) is 0 Å². The molecule has 182 valence electrons. The molecule has 32 heavy (non-hydrogen) atoms. The van der Waals surface area contributed by atoms with E-state index < -0.39 is 18.0 Å². The zero-order valence-electron chi connectivity index (χ0n) is 22.2. The molecule has 0 radical (unpaired) electrons. The summed E-state index contributed by atoms with van der Waals surface area (Å²) in [7, 11) is -4.49. The Morgan fingerprint density at radius 2 is 1.75 bits per heavy atom. The minimum Gasteiger partial charge on any atom is -0.415 e. The first-order chi connectivity index (χ1) is 14.5. The van der Waals surface area contributed by atoms with Gasteiger partial charge in [0.15, 0.2) is 8.32 Å². The van der Waals surface area contributed by atoms with E-state index in [-0.39, 0.29) is 22.4 Å². The van der Waals surface area contributed by atoms with Crippen molar-refractivity contribution in [2.45, 2.75) is 104 Å². The van der Waals surface area contributed by atoms with E-state index in [0.29, 0.717) is 12.4 Å². The van der Waals surface area contributed by atoms with Crippen molar-refractivity contribution in [3.63, 3.8) is 0 Å². The molecule has 0 amide bonds. The molecule has 0 saturated heterocycles. The maximum absolute atomic E-state index is 14.6. The molecule has 1 aromatic rings. The van der Waals surface area contributed by atoms with Crippen molar-refractivity contribution < 1.29 is 8.63 Å². The lowest BCUT2D eigenvalue weighted by atomic mass is 9.80. The fourth-order valence-corrected chi connectivity index (χ4v) is 7.26. The molecule has 0 bridgehead atoms. The monoisotopic (exact) mass is 477 g/mol. The Morgan fingerprint density at radius 1 is 1.16 bits per heavy atom. The normalized spacial score (nSPS) is 19.9. The van der Waals surface area contributed by atoms with E-state index in [1.807, 2.05) is 12.1 Å². The number of hydrogen-bond donors (Lipinski definition) is 0. The van der Waals surface area contributed by atoms with Crippen LogP contribution in [0.3, 0.4) is 0 Å². The van der Waals surface area contributed by atoms with Gasteiger partial charge in [0, 0.05) is 4.90 Å². The summed E-state index contributed by atoms with van der Waals surface area (Å²) >= 11 is 0. The fraction of sp³-hybridized carbons (Fsp3) is 0.704. The van der Waals surface area contributed by atoms with Gasteiger partial charge in [-0.3, -0.25) is 0 Å². The van der Waals surface area contributed by atoms with Gasteiger partial charge in [-0.1, -0.05) is 77.8 Å². The van der Waals surface area contributed by atoms with Gasteiger partial charge in [-0.2, -0.15) is 0 Å². The Balaban J connectivity index is 2.47. The van der Waals surface area contributed by atoms with Gasteiger partial charge in [-0.05, 0) is 67.8 Å². The molecule has 0 saturated carbocycles. The highest BCUT2D eigenvalue weighted by molar-refractivity contribution is 7.93. The smallest absolute Gasteiger partial charge is 0.192 e. The van der Waals surface area contributed by atoms with Crippen molar-refractivity contribution in [3.05, 3.63) is 41.5 Å². The van der Waals surface area contributed by atoms with Crippen LogP contribution in [0.15, 0.2) is 45.2 Å². The standard InChI is InChI=1S/C27H47NO2SSi/c1-21(2)25(19-30-32(9,10)26(4,5)6)28-31(29,24-15-13-22(3)14-16-24)20-23-12-11-17-27(7,8)18-23/h13-16,18,21,25H,11-12,17,19-20H2,1-10H3/t25-,31+/m0/s1. The van der Waals surface area contributed by atoms with Gasteiger partial charge in [0.1, 0.15) is 0 Å². The van der Waals surface area contributed by atoms with E-state index in [4.69, 9.17) is 8.79 Å². The molecule has 2 atom stereocenters. The quantitative estimate of drug-likeness (QED) is 0.281. The molecule has 5 heteroatoms.